The van der Waals surface area contributed by atoms with Gasteiger partial charge in [-0.15, -0.1) is 0 Å². The van der Waals surface area contributed by atoms with Gasteiger partial charge >= 0.3 is 0 Å². The predicted octanol–water partition coefficient (Wildman–Crippen LogP) is 3.17. The molecule has 1 saturated heterocycles. The second kappa shape index (κ2) is 7.87. The van der Waals surface area contributed by atoms with Gasteiger partial charge in [-0.1, -0.05) is 32.3 Å². The van der Waals surface area contributed by atoms with Gasteiger partial charge < -0.3 is 5.32 Å². The van der Waals surface area contributed by atoms with Crippen molar-refractivity contribution in [3.8, 4) is 0 Å². The van der Waals surface area contributed by atoms with E-state index in [0.29, 0.717) is 24.6 Å². The number of nitrogens with zero attached hydrogens (tertiary/aromatic N) is 1. The van der Waals surface area contributed by atoms with Crippen LogP contribution in [-0.4, -0.2) is 37.8 Å². The summed E-state index contributed by atoms with van der Waals surface area (Å²) < 4.78 is 27.1. The van der Waals surface area contributed by atoms with E-state index in [1.165, 1.54) is 16.8 Å². The number of benzene rings is 1. The van der Waals surface area contributed by atoms with Crippen LogP contribution in [0.1, 0.15) is 62.2 Å². The van der Waals surface area contributed by atoms with Crippen molar-refractivity contribution in [2.24, 2.45) is 5.92 Å². The van der Waals surface area contributed by atoms with Crippen molar-refractivity contribution in [1.82, 2.24) is 9.62 Å². The first-order valence-electron chi connectivity index (χ1n) is 9.39. The van der Waals surface area contributed by atoms with E-state index in [4.69, 9.17) is 0 Å². The smallest absolute Gasteiger partial charge is 0.251 e. The highest BCUT2D eigenvalue weighted by atomic mass is 32.2. The van der Waals surface area contributed by atoms with E-state index < -0.39 is 10.0 Å². The van der Waals surface area contributed by atoms with Crippen molar-refractivity contribution >= 4 is 15.9 Å². The summed E-state index contributed by atoms with van der Waals surface area (Å²) in [5.41, 5.74) is 0.427. The molecule has 5 nitrogen and oxygen atoms in total. The molecule has 1 aliphatic carbocycles. The maximum Gasteiger partial charge on any atom is 0.251 e. The highest BCUT2D eigenvalue weighted by Crippen LogP contribution is 2.25. The zero-order valence-corrected chi connectivity index (χ0v) is 15.7. The van der Waals surface area contributed by atoms with Gasteiger partial charge in [-0.25, -0.2) is 8.42 Å². The Kier molecular flexibility index (Phi) is 5.79. The molecule has 6 heteroatoms. The lowest BCUT2D eigenvalue weighted by molar-refractivity contribution is 0.0910. The molecule has 1 heterocycles. The van der Waals surface area contributed by atoms with Crippen LogP contribution in [0.4, 0.5) is 0 Å². The molecular weight excluding hydrogens is 336 g/mol. The molecule has 0 radical (unpaired) electrons. The molecule has 0 aromatic heterocycles. The Balaban J connectivity index is 1.75. The number of carbonyl (C=O) groups excluding carboxylic acids is 1. The van der Waals surface area contributed by atoms with Gasteiger partial charge in [0.1, 0.15) is 0 Å². The average Bonchev–Trinajstić information content (AvgIpc) is 2.64. The molecule has 1 N–H and O–H groups in total. The summed E-state index contributed by atoms with van der Waals surface area (Å²) in [4.78, 5) is 12.8. The number of hydrogen-bond donors (Lipinski definition) is 1. The molecule has 2 aliphatic rings. The van der Waals surface area contributed by atoms with Crippen LogP contribution in [0.3, 0.4) is 0 Å². The lowest BCUT2D eigenvalue weighted by Gasteiger charge is -2.29. The molecule has 1 saturated carbocycles. The zero-order valence-electron chi connectivity index (χ0n) is 14.9. The second-order valence-electron chi connectivity index (χ2n) is 7.33. The third-order valence-corrected chi connectivity index (χ3v) is 7.37. The summed E-state index contributed by atoms with van der Waals surface area (Å²) in [6, 6.07) is 6.65. The number of carbonyl (C=O) groups is 1. The molecule has 25 heavy (non-hydrogen) atoms. The van der Waals surface area contributed by atoms with Gasteiger partial charge in [-0.2, -0.15) is 4.31 Å². The first-order chi connectivity index (χ1) is 12.0. The molecule has 1 aromatic carbocycles. The predicted molar refractivity (Wildman–Crippen MR) is 97.9 cm³/mol. The summed E-state index contributed by atoms with van der Waals surface area (Å²) in [6.45, 7) is 3.30. The maximum atomic E-state index is 12.8. The molecule has 1 amide bonds. The van der Waals surface area contributed by atoms with Gasteiger partial charge in [0.05, 0.1) is 4.90 Å². The average molecular weight is 365 g/mol. The van der Waals surface area contributed by atoms with Crippen LogP contribution in [0.5, 0.6) is 0 Å². The number of amides is 1. The first-order valence-corrected chi connectivity index (χ1v) is 10.8. The Labute approximate surface area is 150 Å². The van der Waals surface area contributed by atoms with Crippen LogP contribution in [0.15, 0.2) is 29.2 Å². The summed E-state index contributed by atoms with van der Waals surface area (Å²) >= 11 is 0. The third kappa shape index (κ3) is 4.23. The summed E-state index contributed by atoms with van der Waals surface area (Å²) in [5, 5.41) is 3.10. The van der Waals surface area contributed by atoms with Crippen LogP contribution in [0.2, 0.25) is 0 Å². The molecule has 0 spiro atoms. The molecule has 2 atom stereocenters. The highest BCUT2D eigenvalue weighted by Gasteiger charge is 2.27. The van der Waals surface area contributed by atoms with E-state index in [2.05, 4.69) is 12.2 Å². The number of piperidine rings is 1. The Hall–Kier alpha value is -1.40. The Morgan fingerprint density at radius 3 is 2.52 bits per heavy atom. The molecule has 2 unspecified atom stereocenters. The van der Waals surface area contributed by atoms with Crippen molar-refractivity contribution in [3.63, 3.8) is 0 Å². The fourth-order valence-electron chi connectivity index (χ4n) is 3.83. The lowest BCUT2D eigenvalue weighted by atomic mass is 9.86. The van der Waals surface area contributed by atoms with Crippen molar-refractivity contribution < 1.29 is 13.2 Å². The first kappa shape index (κ1) is 18.4. The standard InChI is InChI=1S/C19H28N2O3S/c1-15-8-3-4-11-18(15)20-19(22)16-9-7-10-17(14-16)25(23,24)21-12-5-2-6-13-21/h7,9-10,14-15,18H,2-6,8,11-13H2,1H3,(H,20,22). The van der Waals surface area contributed by atoms with Crippen LogP contribution in [-0.2, 0) is 10.0 Å². The minimum Gasteiger partial charge on any atom is -0.349 e. The van der Waals surface area contributed by atoms with Gasteiger partial charge in [0.2, 0.25) is 10.0 Å². The molecule has 1 aliphatic heterocycles. The van der Waals surface area contributed by atoms with Gasteiger partial charge in [-0.05, 0) is 49.8 Å². The van der Waals surface area contributed by atoms with Crippen molar-refractivity contribution in [2.75, 3.05) is 13.1 Å². The third-order valence-electron chi connectivity index (χ3n) is 5.48. The van der Waals surface area contributed by atoms with Gasteiger partial charge in [0.15, 0.2) is 0 Å². The van der Waals surface area contributed by atoms with Gasteiger partial charge in [0, 0.05) is 24.7 Å². The van der Waals surface area contributed by atoms with Gasteiger partial charge in [0.25, 0.3) is 5.91 Å². The monoisotopic (exact) mass is 364 g/mol. The normalized spacial score (nSPS) is 25.5. The molecular formula is C19H28N2O3S. The number of hydrogen-bond acceptors (Lipinski definition) is 3. The van der Waals surface area contributed by atoms with Crippen molar-refractivity contribution in [2.45, 2.75) is 62.8 Å². The van der Waals surface area contributed by atoms with E-state index in [1.807, 2.05) is 0 Å². The van der Waals surface area contributed by atoms with E-state index in [0.717, 1.165) is 38.5 Å². The second-order valence-corrected chi connectivity index (χ2v) is 9.27. The van der Waals surface area contributed by atoms with E-state index in [9.17, 15) is 13.2 Å². The van der Waals surface area contributed by atoms with E-state index in [-0.39, 0.29) is 16.8 Å². The van der Waals surface area contributed by atoms with Crippen molar-refractivity contribution in [1.29, 1.82) is 0 Å². The molecule has 1 aromatic rings. The summed E-state index contributed by atoms with van der Waals surface area (Å²) in [5.74, 6) is 0.299. The topological polar surface area (TPSA) is 66.5 Å². The summed E-state index contributed by atoms with van der Waals surface area (Å²) in [6.07, 6.45) is 7.37. The van der Waals surface area contributed by atoms with Crippen LogP contribution < -0.4 is 5.32 Å². The fourth-order valence-corrected chi connectivity index (χ4v) is 5.40. The number of sulfonamides is 1. The van der Waals surface area contributed by atoms with E-state index in [1.54, 1.807) is 18.2 Å². The summed E-state index contributed by atoms with van der Waals surface area (Å²) in [7, 11) is -3.51. The highest BCUT2D eigenvalue weighted by molar-refractivity contribution is 7.89. The Morgan fingerprint density at radius 2 is 1.80 bits per heavy atom. The van der Waals surface area contributed by atoms with Crippen LogP contribution in [0, 0.1) is 5.92 Å². The maximum absolute atomic E-state index is 12.8. The molecule has 2 fully saturated rings. The molecule has 0 bridgehead atoms. The largest absolute Gasteiger partial charge is 0.349 e. The van der Waals surface area contributed by atoms with Crippen molar-refractivity contribution in [3.05, 3.63) is 29.8 Å². The molecule has 3 rings (SSSR count). The van der Waals surface area contributed by atoms with Crippen LogP contribution >= 0.6 is 0 Å². The van der Waals surface area contributed by atoms with E-state index >= 15 is 0 Å². The minimum absolute atomic E-state index is 0.172. The lowest BCUT2D eigenvalue weighted by Crippen LogP contribution is -2.41. The Bertz CT molecular complexity index is 711. The minimum atomic E-state index is -3.51. The Morgan fingerprint density at radius 1 is 1.08 bits per heavy atom. The zero-order chi connectivity index (χ0) is 17.9. The SMILES string of the molecule is CC1CCCCC1NC(=O)c1cccc(S(=O)(=O)N2CCCCC2)c1. The molecule has 138 valence electrons. The number of nitrogens with one attached hydrogen (secondary N) is 1. The quantitative estimate of drug-likeness (QED) is 0.892. The number of rotatable bonds is 4. The fraction of sp³-hybridized carbons (Fsp3) is 0.632. The van der Waals surface area contributed by atoms with Gasteiger partial charge in [-0.3, -0.25) is 4.79 Å². The van der Waals surface area contributed by atoms with Crippen LogP contribution in [0.25, 0.3) is 0 Å².